The van der Waals surface area contributed by atoms with Crippen LogP contribution in [0.4, 0.5) is 5.69 Å². The molecule has 1 amide bonds. The summed E-state index contributed by atoms with van der Waals surface area (Å²) in [5, 5.41) is 14.0. The Labute approximate surface area is 136 Å². The van der Waals surface area contributed by atoms with Gasteiger partial charge in [-0.05, 0) is 13.8 Å². The number of anilines is 1. The first kappa shape index (κ1) is 15.0. The van der Waals surface area contributed by atoms with E-state index in [0.717, 1.165) is 17.0 Å². The molecule has 7 nitrogen and oxygen atoms in total. The predicted octanol–water partition coefficient (Wildman–Crippen LogP) is 1.46. The molecule has 0 spiro atoms. The third-order valence-corrected chi connectivity index (χ3v) is 4.74. The fourth-order valence-electron chi connectivity index (χ4n) is 2.16. The third kappa shape index (κ3) is 3.14. The molecule has 0 radical (unpaired) electrons. The molecule has 0 aliphatic carbocycles. The van der Waals surface area contributed by atoms with E-state index in [0.29, 0.717) is 22.3 Å². The van der Waals surface area contributed by atoms with Crippen LogP contribution >= 0.6 is 24.0 Å². The van der Waals surface area contributed by atoms with E-state index in [1.54, 1.807) is 17.1 Å². The summed E-state index contributed by atoms with van der Waals surface area (Å²) >= 11 is 6.49. The van der Waals surface area contributed by atoms with Crippen molar-refractivity contribution in [3.05, 3.63) is 29.4 Å². The normalized spacial score (nSPS) is 17.5. The van der Waals surface area contributed by atoms with Crippen molar-refractivity contribution in [3.63, 3.8) is 0 Å². The van der Waals surface area contributed by atoms with Crippen LogP contribution in [0.3, 0.4) is 0 Å². The number of nitrogens with one attached hydrogen (secondary N) is 2. The van der Waals surface area contributed by atoms with Crippen molar-refractivity contribution in [2.24, 2.45) is 0 Å². The molecule has 0 aromatic carbocycles. The van der Waals surface area contributed by atoms with Crippen LogP contribution in [0.5, 0.6) is 0 Å². The zero-order valence-electron chi connectivity index (χ0n) is 12.1. The monoisotopic (exact) mass is 337 g/mol. The largest absolute Gasteiger partial charge is 0.361 e. The highest BCUT2D eigenvalue weighted by Crippen LogP contribution is 2.17. The number of hydrogen-bond donors (Lipinski definition) is 2. The first-order valence-corrected chi connectivity index (χ1v) is 8.10. The van der Waals surface area contributed by atoms with Gasteiger partial charge in [0.1, 0.15) is 16.1 Å². The Hall–Kier alpha value is -1.87. The Morgan fingerprint density at radius 1 is 1.64 bits per heavy atom. The Kier molecular flexibility index (Phi) is 4.16. The van der Waals surface area contributed by atoms with Crippen molar-refractivity contribution in [1.82, 2.24) is 20.3 Å². The maximum Gasteiger partial charge on any atom is 0.247 e. The van der Waals surface area contributed by atoms with Gasteiger partial charge in [-0.1, -0.05) is 29.1 Å². The number of thioether (sulfide) groups is 1. The zero-order valence-corrected chi connectivity index (χ0v) is 13.8. The van der Waals surface area contributed by atoms with Crippen LogP contribution in [0.25, 0.3) is 0 Å². The Morgan fingerprint density at radius 2 is 2.45 bits per heavy atom. The summed E-state index contributed by atoms with van der Waals surface area (Å²) < 4.78 is 7.53. The molecule has 2 aromatic rings. The predicted molar refractivity (Wildman–Crippen MR) is 87.9 cm³/mol. The van der Waals surface area contributed by atoms with Gasteiger partial charge in [0.2, 0.25) is 5.91 Å². The lowest BCUT2D eigenvalue weighted by molar-refractivity contribution is -0.117. The van der Waals surface area contributed by atoms with Gasteiger partial charge in [0.05, 0.1) is 24.1 Å². The molecule has 1 aliphatic rings. The number of carbonyl (C=O) groups is 1. The molecule has 3 heterocycles. The van der Waals surface area contributed by atoms with Crippen LogP contribution in [0.2, 0.25) is 0 Å². The molecule has 22 heavy (non-hydrogen) atoms. The summed E-state index contributed by atoms with van der Waals surface area (Å²) in [5.74, 6) is 1.32. The van der Waals surface area contributed by atoms with Gasteiger partial charge in [-0.3, -0.25) is 9.48 Å². The van der Waals surface area contributed by atoms with Crippen molar-refractivity contribution in [1.29, 1.82) is 0 Å². The first-order valence-electron chi connectivity index (χ1n) is 6.71. The summed E-state index contributed by atoms with van der Waals surface area (Å²) in [6.45, 7) is 4.32. The van der Waals surface area contributed by atoms with Crippen LogP contribution in [-0.4, -0.2) is 37.0 Å². The molecule has 1 saturated heterocycles. The van der Waals surface area contributed by atoms with Crippen LogP contribution in [0.15, 0.2) is 16.9 Å². The molecule has 116 valence electrons. The van der Waals surface area contributed by atoms with E-state index in [9.17, 15) is 4.79 Å². The van der Waals surface area contributed by atoms with Crippen molar-refractivity contribution in [2.75, 3.05) is 11.1 Å². The van der Waals surface area contributed by atoms with E-state index in [2.05, 4.69) is 20.9 Å². The second-order valence-electron chi connectivity index (χ2n) is 5.01. The lowest BCUT2D eigenvalue weighted by Crippen LogP contribution is -2.38. The molecule has 0 unspecified atom stereocenters. The minimum atomic E-state index is -0.289. The molecule has 2 N–H and O–H groups in total. The number of rotatable bonds is 4. The number of hydrogen-bond acceptors (Lipinski definition) is 6. The van der Waals surface area contributed by atoms with E-state index in [4.69, 9.17) is 16.7 Å². The molecule has 1 aliphatic heterocycles. The lowest BCUT2D eigenvalue weighted by atomic mass is 10.2. The number of nitrogens with zero attached hydrogens (tertiary/aromatic N) is 3. The van der Waals surface area contributed by atoms with Gasteiger partial charge in [0.15, 0.2) is 0 Å². The van der Waals surface area contributed by atoms with E-state index in [1.165, 1.54) is 11.8 Å². The SMILES string of the molecule is Cc1noc(C)c1Cn1cc(NC(=O)[C@@H]2CSC(=S)N2)cn1. The average molecular weight is 337 g/mol. The minimum absolute atomic E-state index is 0.107. The maximum absolute atomic E-state index is 12.1. The second-order valence-corrected chi connectivity index (χ2v) is 6.71. The van der Waals surface area contributed by atoms with E-state index in [-0.39, 0.29) is 11.9 Å². The molecular weight excluding hydrogens is 322 g/mol. The standard InChI is InChI=1S/C13H15N5O2S2/c1-7-10(8(2)20-17-7)5-18-4-9(3-14-18)15-12(19)11-6-22-13(21)16-11/h3-4,11H,5-6H2,1-2H3,(H,15,19)(H,16,21)/t11-/m0/s1. The molecule has 1 fully saturated rings. The van der Waals surface area contributed by atoms with Crippen LogP contribution < -0.4 is 10.6 Å². The number of aromatic nitrogens is 3. The van der Waals surface area contributed by atoms with E-state index < -0.39 is 0 Å². The molecule has 1 atom stereocenters. The quantitative estimate of drug-likeness (QED) is 0.817. The van der Waals surface area contributed by atoms with E-state index >= 15 is 0 Å². The van der Waals surface area contributed by atoms with Gasteiger partial charge in [0.25, 0.3) is 0 Å². The van der Waals surface area contributed by atoms with Gasteiger partial charge in [0, 0.05) is 17.5 Å². The third-order valence-electron chi connectivity index (χ3n) is 3.39. The van der Waals surface area contributed by atoms with Crippen LogP contribution in [-0.2, 0) is 11.3 Å². The fraction of sp³-hybridized carbons (Fsp3) is 0.385. The van der Waals surface area contributed by atoms with Crippen LogP contribution in [0, 0.1) is 13.8 Å². The Morgan fingerprint density at radius 3 is 3.09 bits per heavy atom. The smallest absolute Gasteiger partial charge is 0.247 e. The number of carbonyl (C=O) groups excluding carboxylic acids is 1. The van der Waals surface area contributed by atoms with Gasteiger partial charge in [-0.2, -0.15) is 5.10 Å². The number of aryl methyl sites for hydroxylation is 2. The maximum atomic E-state index is 12.1. The van der Waals surface area contributed by atoms with E-state index in [1.807, 2.05) is 13.8 Å². The Bertz CT molecular complexity index is 704. The molecule has 9 heteroatoms. The number of amides is 1. The van der Waals surface area contributed by atoms with Gasteiger partial charge in [-0.15, -0.1) is 0 Å². The van der Waals surface area contributed by atoms with Crippen LogP contribution in [0.1, 0.15) is 17.0 Å². The Balaban J connectivity index is 1.64. The highest BCUT2D eigenvalue weighted by molar-refractivity contribution is 8.23. The van der Waals surface area contributed by atoms with Crippen molar-refractivity contribution in [2.45, 2.75) is 26.4 Å². The minimum Gasteiger partial charge on any atom is -0.361 e. The van der Waals surface area contributed by atoms with Crippen molar-refractivity contribution >= 4 is 39.9 Å². The summed E-state index contributed by atoms with van der Waals surface area (Å²) in [4.78, 5) is 12.1. The summed E-state index contributed by atoms with van der Waals surface area (Å²) in [6.07, 6.45) is 3.40. The number of thiocarbonyl (C=S) groups is 1. The summed E-state index contributed by atoms with van der Waals surface area (Å²) in [5.41, 5.74) is 2.50. The van der Waals surface area contributed by atoms with Gasteiger partial charge < -0.3 is 15.2 Å². The zero-order chi connectivity index (χ0) is 15.7. The van der Waals surface area contributed by atoms with Gasteiger partial charge in [-0.25, -0.2) is 0 Å². The first-order chi connectivity index (χ1) is 10.5. The van der Waals surface area contributed by atoms with Gasteiger partial charge >= 0.3 is 0 Å². The molecule has 2 aromatic heterocycles. The van der Waals surface area contributed by atoms with Crippen molar-refractivity contribution < 1.29 is 9.32 Å². The van der Waals surface area contributed by atoms with Crippen molar-refractivity contribution in [3.8, 4) is 0 Å². The summed E-state index contributed by atoms with van der Waals surface area (Å²) in [7, 11) is 0. The molecule has 3 rings (SSSR count). The molecular formula is C13H15N5O2S2. The highest BCUT2D eigenvalue weighted by Gasteiger charge is 2.26. The fourth-order valence-corrected chi connectivity index (χ4v) is 3.28. The molecule has 0 bridgehead atoms. The topological polar surface area (TPSA) is 85.0 Å². The second kappa shape index (κ2) is 6.09. The molecule has 0 saturated carbocycles. The summed E-state index contributed by atoms with van der Waals surface area (Å²) in [6, 6.07) is -0.289. The highest BCUT2D eigenvalue weighted by atomic mass is 32.2. The average Bonchev–Trinajstić information content (AvgIpc) is 3.17. The lowest BCUT2D eigenvalue weighted by Gasteiger charge is -2.08.